The topological polar surface area (TPSA) is 81.8 Å². The molecule has 1 aromatic rings. The first-order valence-corrected chi connectivity index (χ1v) is 8.28. The fourth-order valence-corrected chi connectivity index (χ4v) is 3.66. The normalized spacial score (nSPS) is 25.8. The van der Waals surface area contributed by atoms with Crippen LogP contribution >= 0.6 is 0 Å². The van der Waals surface area contributed by atoms with Gasteiger partial charge in [0.15, 0.2) is 0 Å². The lowest BCUT2D eigenvalue weighted by atomic mass is 9.86. The average molecular weight is 328 g/mol. The van der Waals surface area contributed by atoms with Gasteiger partial charge in [-0.3, -0.25) is 9.59 Å². The van der Waals surface area contributed by atoms with Crippen LogP contribution in [0.2, 0.25) is 0 Å². The Balaban J connectivity index is 1.36. The van der Waals surface area contributed by atoms with Gasteiger partial charge in [-0.1, -0.05) is 0 Å². The molecular weight excluding hydrogens is 308 g/mol. The smallest absolute Gasteiger partial charge is 0.321 e. The van der Waals surface area contributed by atoms with E-state index < -0.39 is 0 Å². The Kier molecular flexibility index (Phi) is 3.44. The molecule has 2 N–H and O–H groups in total. The lowest BCUT2D eigenvalue weighted by Crippen LogP contribution is -2.43. The zero-order valence-corrected chi connectivity index (χ0v) is 13.4. The maximum Gasteiger partial charge on any atom is 0.321 e. The number of β-lactam (4-membered cyclic amide) rings is 1. The molecule has 3 aliphatic heterocycles. The molecule has 1 aromatic carbocycles. The number of hydrogen-bond donors (Lipinski definition) is 2. The van der Waals surface area contributed by atoms with E-state index in [0.29, 0.717) is 38.2 Å². The molecule has 1 atom stereocenters. The van der Waals surface area contributed by atoms with Crippen molar-refractivity contribution in [2.24, 2.45) is 5.41 Å². The van der Waals surface area contributed by atoms with Crippen LogP contribution in [0.4, 0.5) is 16.2 Å². The minimum atomic E-state index is -0.140. The predicted octanol–water partition coefficient (Wildman–Crippen LogP) is 1.17. The van der Waals surface area contributed by atoms with Crippen molar-refractivity contribution in [1.82, 2.24) is 10.2 Å². The van der Waals surface area contributed by atoms with Crippen LogP contribution < -0.4 is 15.5 Å². The van der Waals surface area contributed by atoms with Gasteiger partial charge in [0.05, 0.1) is 0 Å². The van der Waals surface area contributed by atoms with Gasteiger partial charge in [0, 0.05) is 55.8 Å². The number of benzene rings is 1. The molecule has 1 spiro atoms. The molecule has 3 heterocycles. The van der Waals surface area contributed by atoms with Crippen LogP contribution in [0.1, 0.15) is 19.3 Å². The molecule has 24 heavy (non-hydrogen) atoms. The fraction of sp³-hybridized carbons (Fsp3) is 0.471. The van der Waals surface area contributed by atoms with E-state index in [1.54, 1.807) is 9.80 Å². The van der Waals surface area contributed by atoms with E-state index in [-0.39, 0.29) is 23.3 Å². The van der Waals surface area contributed by atoms with Gasteiger partial charge in [-0.25, -0.2) is 4.79 Å². The summed E-state index contributed by atoms with van der Waals surface area (Å²) in [5.74, 6) is 0.210. The van der Waals surface area contributed by atoms with Crippen LogP contribution in [-0.2, 0) is 9.59 Å². The second kappa shape index (κ2) is 5.51. The number of anilines is 2. The summed E-state index contributed by atoms with van der Waals surface area (Å²) in [7, 11) is 0. The summed E-state index contributed by atoms with van der Waals surface area (Å²) in [5, 5.41) is 5.76. The number of nitrogens with one attached hydrogen (secondary N) is 2. The third kappa shape index (κ3) is 2.60. The highest BCUT2D eigenvalue weighted by Gasteiger charge is 2.45. The monoisotopic (exact) mass is 328 g/mol. The van der Waals surface area contributed by atoms with Gasteiger partial charge in [0.25, 0.3) is 0 Å². The van der Waals surface area contributed by atoms with Crippen LogP contribution in [0.3, 0.4) is 0 Å². The van der Waals surface area contributed by atoms with Gasteiger partial charge < -0.3 is 20.4 Å². The highest BCUT2D eigenvalue weighted by Crippen LogP contribution is 2.36. The Morgan fingerprint density at radius 3 is 2.54 bits per heavy atom. The number of nitrogens with zero attached hydrogens (tertiary/aromatic N) is 2. The molecule has 1 unspecified atom stereocenters. The summed E-state index contributed by atoms with van der Waals surface area (Å²) in [6.07, 6.45) is 1.97. The molecule has 0 bridgehead atoms. The quantitative estimate of drug-likeness (QED) is 0.800. The highest BCUT2D eigenvalue weighted by molar-refractivity contribution is 5.99. The van der Waals surface area contributed by atoms with Gasteiger partial charge in [0.1, 0.15) is 0 Å². The third-order valence-corrected chi connectivity index (χ3v) is 5.20. The summed E-state index contributed by atoms with van der Waals surface area (Å²) < 4.78 is 0. The zero-order valence-electron chi connectivity index (χ0n) is 13.4. The minimum Gasteiger partial charge on any atom is -0.355 e. The Bertz CT molecular complexity index is 702. The Hall–Kier alpha value is -2.57. The number of rotatable bonds is 2. The van der Waals surface area contributed by atoms with Crippen molar-refractivity contribution >= 4 is 29.2 Å². The van der Waals surface area contributed by atoms with Crippen LogP contribution in [0.5, 0.6) is 0 Å². The first-order chi connectivity index (χ1) is 11.5. The molecule has 3 fully saturated rings. The Morgan fingerprint density at radius 2 is 1.96 bits per heavy atom. The van der Waals surface area contributed by atoms with Crippen LogP contribution in [0.25, 0.3) is 0 Å². The van der Waals surface area contributed by atoms with E-state index in [0.717, 1.165) is 18.7 Å². The van der Waals surface area contributed by atoms with Gasteiger partial charge in [-0.05, 0) is 30.7 Å². The molecule has 3 aliphatic rings. The van der Waals surface area contributed by atoms with Crippen molar-refractivity contribution in [3.05, 3.63) is 24.3 Å². The molecule has 0 saturated carbocycles. The van der Waals surface area contributed by atoms with Crippen molar-refractivity contribution < 1.29 is 14.4 Å². The molecule has 4 amide bonds. The van der Waals surface area contributed by atoms with Gasteiger partial charge in [-0.15, -0.1) is 0 Å². The summed E-state index contributed by atoms with van der Waals surface area (Å²) >= 11 is 0. The van der Waals surface area contributed by atoms with Crippen LogP contribution in [0.15, 0.2) is 24.3 Å². The average Bonchev–Trinajstić information content (AvgIpc) is 3.14. The Labute approximate surface area is 140 Å². The van der Waals surface area contributed by atoms with Gasteiger partial charge in [0.2, 0.25) is 11.8 Å². The summed E-state index contributed by atoms with van der Waals surface area (Å²) in [5.41, 5.74) is 1.48. The molecule has 7 nitrogen and oxygen atoms in total. The Morgan fingerprint density at radius 1 is 1.17 bits per heavy atom. The lowest BCUT2D eigenvalue weighted by Gasteiger charge is -2.30. The maximum atomic E-state index is 12.4. The lowest BCUT2D eigenvalue weighted by molar-refractivity contribution is -0.122. The van der Waals surface area contributed by atoms with Crippen molar-refractivity contribution in [2.75, 3.05) is 36.4 Å². The van der Waals surface area contributed by atoms with Gasteiger partial charge in [-0.2, -0.15) is 0 Å². The second-order valence-electron chi connectivity index (χ2n) is 6.90. The summed E-state index contributed by atoms with van der Waals surface area (Å²) in [4.78, 5) is 38.8. The van der Waals surface area contributed by atoms with E-state index in [1.807, 2.05) is 24.3 Å². The fourth-order valence-electron chi connectivity index (χ4n) is 3.66. The van der Waals surface area contributed by atoms with E-state index in [2.05, 4.69) is 10.6 Å². The van der Waals surface area contributed by atoms with E-state index >= 15 is 0 Å². The van der Waals surface area contributed by atoms with Crippen molar-refractivity contribution in [3.63, 3.8) is 0 Å². The highest BCUT2D eigenvalue weighted by atomic mass is 16.2. The maximum absolute atomic E-state index is 12.4. The number of hydrogen-bond acceptors (Lipinski definition) is 3. The first-order valence-electron chi connectivity index (χ1n) is 8.28. The van der Waals surface area contributed by atoms with Gasteiger partial charge >= 0.3 is 6.03 Å². The number of amides is 4. The SMILES string of the molecule is O=C1CC2(CCN(C(=O)Nc3ccc(N4CCC4=O)cc3)C2)CN1. The van der Waals surface area contributed by atoms with E-state index in [1.165, 1.54) is 0 Å². The molecular formula is C17H20N4O3. The van der Waals surface area contributed by atoms with E-state index in [9.17, 15) is 14.4 Å². The number of carbonyl (C=O) groups is 3. The molecule has 3 saturated heterocycles. The minimum absolute atomic E-state index is 0.0772. The van der Waals surface area contributed by atoms with Crippen molar-refractivity contribution in [2.45, 2.75) is 19.3 Å². The molecule has 126 valence electrons. The molecule has 4 rings (SSSR count). The largest absolute Gasteiger partial charge is 0.355 e. The van der Waals surface area contributed by atoms with Crippen LogP contribution in [-0.4, -0.2) is 48.9 Å². The second-order valence-corrected chi connectivity index (χ2v) is 6.90. The zero-order chi connectivity index (χ0) is 16.7. The van der Waals surface area contributed by atoms with E-state index in [4.69, 9.17) is 0 Å². The van der Waals surface area contributed by atoms with Crippen LogP contribution in [0, 0.1) is 5.41 Å². The standard InChI is InChI=1S/C17H20N4O3/c22-14-9-17(10-18-14)6-8-20(11-17)16(24)19-12-1-3-13(4-2-12)21-7-5-15(21)23/h1-4H,5-11H2,(H,18,22)(H,19,24). The number of urea groups is 1. The molecule has 0 radical (unpaired) electrons. The number of likely N-dealkylation sites (tertiary alicyclic amines) is 1. The summed E-state index contributed by atoms with van der Waals surface area (Å²) in [6, 6.07) is 7.17. The molecule has 0 aliphatic carbocycles. The van der Waals surface area contributed by atoms with Crippen molar-refractivity contribution in [1.29, 1.82) is 0 Å². The predicted molar refractivity (Wildman–Crippen MR) is 88.7 cm³/mol. The van der Waals surface area contributed by atoms with Crippen molar-refractivity contribution in [3.8, 4) is 0 Å². The molecule has 7 heteroatoms. The third-order valence-electron chi connectivity index (χ3n) is 5.20. The first kappa shape index (κ1) is 15.0. The molecule has 0 aromatic heterocycles. The number of carbonyl (C=O) groups excluding carboxylic acids is 3. The summed E-state index contributed by atoms with van der Waals surface area (Å²) in [6.45, 7) is 2.69.